The molecule has 1 amide bonds. The Bertz CT molecular complexity index is 956. The van der Waals surface area contributed by atoms with Crippen molar-refractivity contribution in [3.05, 3.63) is 97.0 Å². The van der Waals surface area contributed by atoms with E-state index in [1.807, 2.05) is 66.7 Å². The van der Waals surface area contributed by atoms with Crippen LogP contribution in [0.3, 0.4) is 0 Å². The first-order valence-electron chi connectivity index (χ1n) is 8.87. The molecule has 0 saturated carbocycles. The van der Waals surface area contributed by atoms with Crippen molar-refractivity contribution in [2.24, 2.45) is 0 Å². The summed E-state index contributed by atoms with van der Waals surface area (Å²) in [4.78, 5) is 17.0. The van der Waals surface area contributed by atoms with E-state index < -0.39 is 0 Å². The highest BCUT2D eigenvalue weighted by molar-refractivity contribution is 5.92. The normalized spacial score (nSPS) is 10.4. The molecule has 0 radical (unpaired) electrons. The van der Waals surface area contributed by atoms with E-state index in [0.29, 0.717) is 18.5 Å². The first-order valence-corrected chi connectivity index (χ1v) is 8.87. The molecule has 4 nitrogen and oxygen atoms in total. The summed E-state index contributed by atoms with van der Waals surface area (Å²) in [5.41, 5.74) is 4.28. The van der Waals surface area contributed by atoms with Crippen molar-refractivity contribution in [1.29, 1.82) is 0 Å². The summed E-state index contributed by atoms with van der Waals surface area (Å²) in [6.45, 7) is 9.64. The minimum absolute atomic E-state index is 0.167. The number of carbonyl (C=O) groups is 1. The van der Waals surface area contributed by atoms with Gasteiger partial charge in [-0.15, -0.1) is 6.58 Å². The van der Waals surface area contributed by atoms with Crippen molar-refractivity contribution >= 4 is 5.91 Å². The molecule has 0 aliphatic heterocycles. The van der Waals surface area contributed by atoms with Crippen molar-refractivity contribution in [1.82, 2.24) is 14.9 Å². The maximum absolute atomic E-state index is 12.1. The summed E-state index contributed by atoms with van der Waals surface area (Å²) >= 11 is 0. The zero-order valence-electron chi connectivity index (χ0n) is 15.5. The van der Waals surface area contributed by atoms with Crippen LogP contribution in [0.4, 0.5) is 0 Å². The summed E-state index contributed by atoms with van der Waals surface area (Å²) in [5.74, 6) is 0.717. The van der Waals surface area contributed by atoms with Crippen molar-refractivity contribution in [2.75, 3.05) is 0 Å². The number of carbonyl (C=O) groups excluding carboxylic acids is 1. The number of benzene rings is 2. The molecule has 136 valence electrons. The van der Waals surface area contributed by atoms with Crippen LogP contribution < -0.4 is 5.32 Å². The van der Waals surface area contributed by atoms with Crippen LogP contribution in [0.2, 0.25) is 0 Å². The number of imidazole rings is 1. The molecule has 27 heavy (non-hydrogen) atoms. The SMILES string of the molecule is C=CCc1nc(-c2ccccc2)c(CNC(=O)C(=C)C)n1-c1ccccc1. The molecular weight excluding hydrogens is 334 g/mol. The Morgan fingerprint density at radius 3 is 2.33 bits per heavy atom. The van der Waals surface area contributed by atoms with E-state index in [2.05, 4.69) is 23.0 Å². The Kier molecular flexibility index (Phi) is 5.67. The largest absolute Gasteiger partial charge is 0.347 e. The summed E-state index contributed by atoms with van der Waals surface area (Å²) in [7, 11) is 0. The van der Waals surface area contributed by atoms with Crippen LogP contribution in [-0.4, -0.2) is 15.5 Å². The van der Waals surface area contributed by atoms with Gasteiger partial charge in [0.1, 0.15) is 5.82 Å². The summed E-state index contributed by atoms with van der Waals surface area (Å²) in [5, 5.41) is 2.95. The van der Waals surface area contributed by atoms with Crippen LogP contribution in [0.25, 0.3) is 16.9 Å². The smallest absolute Gasteiger partial charge is 0.246 e. The molecule has 0 bridgehead atoms. The standard InChI is InChI=1S/C23H23N3O/c1-4-11-21-25-22(18-12-7-5-8-13-18)20(16-24-23(27)17(2)3)26(21)19-14-9-6-10-15-19/h4-10,12-15H,1-2,11,16H2,3H3,(H,24,27). The molecule has 0 aliphatic rings. The van der Waals surface area contributed by atoms with Crippen LogP contribution in [0.15, 0.2) is 85.5 Å². The van der Waals surface area contributed by atoms with Gasteiger partial charge in [0.2, 0.25) is 5.91 Å². The van der Waals surface area contributed by atoms with E-state index >= 15 is 0 Å². The Morgan fingerprint density at radius 2 is 1.74 bits per heavy atom. The van der Waals surface area contributed by atoms with E-state index in [1.54, 1.807) is 6.92 Å². The number of amides is 1. The van der Waals surface area contributed by atoms with Gasteiger partial charge in [0.25, 0.3) is 0 Å². The van der Waals surface area contributed by atoms with Crippen molar-refractivity contribution in [3.63, 3.8) is 0 Å². The Hall–Kier alpha value is -3.40. The molecule has 0 spiro atoms. The number of rotatable bonds is 7. The van der Waals surface area contributed by atoms with Crippen LogP contribution in [-0.2, 0) is 17.8 Å². The van der Waals surface area contributed by atoms with Gasteiger partial charge in [-0.05, 0) is 19.1 Å². The number of para-hydroxylation sites is 1. The fourth-order valence-electron chi connectivity index (χ4n) is 2.96. The van der Waals surface area contributed by atoms with Gasteiger partial charge in [0.05, 0.1) is 17.9 Å². The van der Waals surface area contributed by atoms with Gasteiger partial charge in [-0.1, -0.05) is 61.2 Å². The maximum Gasteiger partial charge on any atom is 0.246 e. The number of hydrogen-bond acceptors (Lipinski definition) is 2. The molecule has 2 aromatic carbocycles. The van der Waals surface area contributed by atoms with E-state index in [-0.39, 0.29) is 5.91 Å². The van der Waals surface area contributed by atoms with Crippen LogP contribution in [0, 0.1) is 0 Å². The fraction of sp³-hybridized carbons (Fsp3) is 0.130. The van der Waals surface area contributed by atoms with E-state index in [1.165, 1.54) is 0 Å². The van der Waals surface area contributed by atoms with Gasteiger partial charge in [0.15, 0.2) is 0 Å². The number of hydrogen-bond donors (Lipinski definition) is 1. The number of allylic oxidation sites excluding steroid dienone is 1. The minimum atomic E-state index is -0.167. The lowest BCUT2D eigenvalue weighted by Crippen LogP contribution is -2.24. The number of nitrogens with one attached hydrogen (secondary N) is 1. The second-order valence-electron chi connectivity index (χ2n) is 6.32. The van der Waals surface area contributed by atoms with Crippen LogP contribution in [0.5, 0.6) is 0 Å². The van der Waals surface area contributed by atoms with Crippen molar-refractivity contribution < 1.29 is 4.79 Å². The molecule has 4 heteroatoms. The van der Waals surface area contributed by atoms with Gasteiger partial charge in [-0.2, -0.15) is 0 Å². The second kappa shape index (κ2) is 8.32. The van der Waals surface area contributed by atoms with E-state index in [4.69, 9.17) is 4.98 Å². The third kappa shape index (κ3) is 4.06. The lowest BCUT2D eigenvalue weighted by atomic mass is 10.1. The fourth-order valence-corrected chi connectivity index (χ4v) is 2.96. The third-order valence-corrected chi connectivity index (χ3v) is 4.23. The lowest BCUT2D eigenvalue weighted by molar-refractivity contribution is -0.117. The lowest BCUT2D eigenvalue weighted by Gasteiger charge is -2.13. The van der Waals surface area contributed by atoms with Gasteiger partial charge >= 0.3 is 0 Å². The second-order valence-corrected chi connectivity index (χ2v) is 6.32. The maximum atomic E-state index is 12.1. The molecule has 1 aromatic heterocycles. The topological polar surface area (TPSA) is 46.9 Å². The molecular formula is C23H23N3O. The van der Waals surface area contributed by atoms with Crippen LogP contribution >= 0.6 is 0 Å². The Balaban J connectivity index is 2.16. The highest BCUT2D eigenvalue weighted by Crippen LogP contribution is 2.27. The van der Waals surface area contributed by atoms with Gasteiger partial charge in [0, 0.05) is 23.2 Å². The average molecular weight is 357 g/mol. The zero-order chi connectivity index (χ0) is 19.2. The molecule has 0 saturated heterocycles. The highest BCUT2D eigenvalue weighted by Gasteiger charge is 2.19. The van der Waals surface area contributed by atoms with Gasteiger partial charge in [-0.25, -0.2) is 4.98 Å². The molecule has 0 unspecified atom stereocenters. The monoisotopic (exact) mass is 357 g/mol. The first kappa shape index (κ1) is 18.4. The summed E-state index contributed by atoms with van der Waals surface area (Å²) < 4.78 is 2.10. The Labute approximate surface area is 159 Å². The predicted molar refractivity (Wildman–Crippen MR) is 110 cm³/mol. The quantitative estimate of drug-likeness (QED) is 0.501. The molecule has 1 heterocycles. The third-order valence-electron chi connectivity index (χ3n) is 4.23. The average Bonchev–Trinajstić information content (AvgIpc) is 3.05. The summed E-state index contributed by atoms with van der Waals surface area (Å²) in [6, 6.07) is 20.0. The van der Waals surface area contributed by atoms with E-state index in [0.717, 1.165) is 28.5 Å². The van der Waals surface area contributed by atoms with E-state index in [9.17, 15) is 4.79 Å². The molecule has 3 rings (SSSR count). The molecule has 0 fully saturated rings. The Morgan fingerprint density at radius 1 is 1.11 bits per heavy atom. The minimum Gasteiger partial charge on any atom is -0.347 e. The van der Waals surface area contributed by atoms with Crippen LogP contribution in [0.1, 0.15) is 18.4 Å². The van der Waals surface area contributed by atoms with Crippen molar-refractivity contribution in [3.8, 4) is 16.9 Å². The number of nitrogens with zero attached hydrogens (tertiary/aromatic N) is 2. The predicted octanol–water partition coefficient (Wildman–Crippen LogP) is 4.46. The highest BCUT2D eigenvalue weighted by atomic mass is 16.1. The summed E-state index contributed by atoms with van der Waals surface area (Å²) in [6.07, 6.45) is 2.47. The molecule has 0 aliphatic carbocycles. The van der Waals surface area contributed by atoms with Crippen molar-refractivity contribution in [2.45, 2.75) is 19.9 Å². The molecule has 0 atom stereocenters. The first-order chi connectivity index (χ1) is 13.1. The molecule has 3 aromatic rings. The van der Waals surface area contributed by atoms with Gasteiger partial charge in [-0.3, -0.25) is 9.36 Å². The van der Waals surface area contributed by atoms with Gasteiger partial charge < -0.3 is 5.32 Å². The zero-order valence-corrected chi connectivity index (χ0v) is 15.5. The molecule has 1 N–H and O–H groups in total. The number of aromatic nitrogens is 2.